The summed E-state index contributed by atoms with van der Waals surface area (Å²) in [5.74, 6) is 1.54. The number of carbonyl (C=O) groups is 1. The predicted octanol–water partition coefficient (Wildman–Crippen LogP) is 1.54. The normalized spacial score (nSPS) is 11.1. The van der Waals surface area contributed by atoms with Gasteiger partial charge in [0.2, 0.25) is 5.91 Å². The van der Waals surface area contributed by atoms with Crippen LogP contribution in [0, 0.1) is 6.92 Å². The second kappa shape index (κ2) is 9.71. The van der Waals surface area contributed by atoms with Gasteiger partial charge >= 0.3 is 0 Å². The lowest BCUT2D eigenvalue weighted by Gasteiger charge is -2.14. The van der Waals surface area contributed by atoms with Gasteiger partial charge in [-0.1, -0.05) is 12.1 Å². The molecular weight excluding hydrogens is 292 g/mol. The van der Waals surface area contributed by atoms with Crippen molar-refractivity contribution in [3.63, 3.8) is 0 Å². The van der Waals surface area contributed by atoms with Crippen LogP contribution in [0.4, 0.5) is 0 Å². The molecule has 0 aliphatic heterocycles. The first-order valence-corrected chi connectivity index (χ1v) is 7.92. The van der Waals surface area contributed by atoms with E-state index in [4.69, 9.17) is 4.74 Å². The molecule has 0 fully saturated rings. The van der Waals surface area contributed by atoms with Gasteiger partial charge in [0.1, 0.15) is 5.75 Å². The summed E-state index contributed by atoms with van der Waals surface area (Å²) in [5.41, 5.74) is 2.20. The molecule has 0 atom stereocenters. The smallest absolute Gasteiger partial charge is 0.241 e. The SMILES string of the molecule is CCNC(=NCc1ccc(OCC)c(C)c1)NCC(=O)N(C)C. The number of nitrogens with zero attached hydrogens (tertiary/aromatic N) is 2. The molecule has 1 amide bonds. The molecule has 0 spiro atoms. The largest absolute Gasteiger partial charge is 0.494 e. The molecule has 1 aromatic rings. The van der Waals surface area contributed by atoms with Gasteiger partial charge in [-0.2, -0.15) is 0 Å². The number of carbonyl (C=O) groups excluding carboxylic acids is 1. The van der Waals surface area contributed by atoms with E-state index >= 15 is 0 Å². The fourth-order valence-electron chi connectivity index (χ4n) is 1.96. The van der Waals surface area contributed by atoms with Gasteiger partial charge in [-0.15, -0.1) is 0 Å². The Balaban J connectivity index is 2.69. The molecule has 0 unspecified atom stereocenters. The number of ether oxygens (including phenoxy) is 1. The zero-order chi connectivity index (χ0) is 17.2. The number of likely N-dealkylation sites (N-methyl/N-ethyl adjacent to an activating group) is 1. The highest BCUT2D eigenvalue weighted by Gasteiger charge is 2.05. The van der Waals surface area contributed by atoms with E-state index < -0.39 is 0 Å². The van der Waals surface area contributed by atoms with Crippen molar-refractivity contribution in [2.24, 2.45) is 4.99 Å². The van der Waals surface area contributed by atoms with Crippen LogP contribution >= 0.6 is 0 Å². The summed E-state index contributed by atoms with van der Waals surface area (Å²) in [5, 5.41) is 6.18. The summed E-state index contributed by atoms with van der Waals surface area (Å²) in [7, 11) is 3.47. The Labute approximate surface area is 138 Å². The van der Waals surface area contributed by atoms with Gasteiger partial charge in [-0.05, 0) is 38.0 Å². The molecule has 0 aromatic heterocycles. The molecule has 0 aliphatic carbocycles. The molecule has 0 saturated heterocycles. The first kappa shape index (κ1) is 18.8. The van der Waals surface area contributed by atoms with E-state index in [0.29, 0.717) is 19.1 Å². The third-order valence-electron chi connectivity index (χ3n) is 3.21. The fourth-order valence-corrected chi connectivity index (χ4v) is 1.96. The summed E-state index contributed by atoms with van der Waals surface area (Å²) in [4.78, 5) is 17.7. The third kappa shape index (κ3) is 6.59. The summed E-state index contributed by atoms with van der Waals surface area (Å²) >= 11 is 0. The molecule has 0 saturated carbocycles. The highest BCUT2D eigenvalue weighted by molar-refractivity contribution is 5.86. The maximum absolute atomic E-state index is 11.6. The van der Waals surface area contributed by atoms with Crippen LogP contribution in [0.3, 0.4) is 0 Å². The van der Waals surface area contributed by atoms with E-state index in [-0.39, 0.29) is 12.5 Å². The van der Waals surface area contributed by atoms with Crippen LogP contribution in [0.15, 0.2) is 23.2 Å². The van der Waals surface area contributed by atoms with Crippen molar-refractivity contribution in [3.8, 4) is 5.75 Å². The van der Waals surface area contributed by atoms with Gasteiger partial charge in [0.25, 0.3) is 0 Å². The van der Waals surface area contributed by atoms with Gasteiger partial charge in [-0.25, -0.2) is 4.99 Å². The highest BCUT2D eigenvalue weighted by atomic mass is 16.5. The van der Waals surface area contributed by atoms with Crippen LogP contribution < -0.4 is 15.4 Å². The summed E-state index contributed by atoms with van der Waals surface area (Å²) in [6.45, 7) is 8.15. The van der Waals surface area contributed by atoms with Crippen LogP contribution in [0.25, 0.3) is 0 Å². The number of guanidine groups is 1. The van der Waals surface area contributed by atoms with Gasteiger partial charge in [0.15, 0.2) is 5.96 Å². The molecule has 128 valence electrons. The lowest BCUT2D eigenvalue weighted by atomic mass is 10.1. The Kier molecular flexibility index (Phi) is 7.94. The minimum Gasteiger partial charge on any atom is -0.494 e. The molecule has 0 radical (unpaired) electrons. The van der Waals surface area contributed by atoms with E-state index in [9.17, 15) is 4.79 Å². The number of hydrogen-bond donors (Lipinski definition) is 2. The Bertz CT molecular complexity index is 541. The molecular formula is C17H28N4O2. The van der Waals surface area contributed by atoms with Crippen LogP contribution in [-0.4, -0.2) is 50.6 Å². The minimum absolute atomic E-state index is 0.00696. The van der Waals surface area contributed by atoms with Gasteiger partial charge in [0, 0.05) is 20.6 Å². The predicted molar refractivity (Wildman–Crippen MR) is 93.9 cm³/mol. The molecule has 6 nitrogen and oxygen atoms in total. The fraction of sp³-hybridized carbons (Fsp3) is 0.529. The Morgan fingerprint density at radius 2 is 2.00 bits per heavy atom. The number of aliphatic imine (C=N–C) groups is 1. The monoisotopic (exact) mass is 320 g/mol. The zero-order valence-corrected chi connectivity index (χ0v) is 14.8. The molecule has 0 heterocycles. The second-order valence-corrected chi connectivity index (χ2v) is 5.37. The van der Waals surface area contributed by atoms with Crippen molar-refractivity contribution in [1.29, 1.82) is 0 Å². The lowest BCUT2D eigenvalue weighted by Crippen LogP contribution is -2.42. The summed E-state index contributed by atoms with van der Waals surface area (Å²) in [6.07, 6.45) is 0. The van der Waals surface area contributed by atoms with Crippen LogP contribution in [-0.2, 0) is 11.3 Å². The first-order chi connectivity index (χ1) is 11.0. The van der Waals surface area contributed by atoms with Crippen LogP contribution in [0.2, 0.25) is 0 Å². The van der Waals surface area contributed by atoms with Crippen molar-refractivity contribution in [3.05, 3.63) is 29.3 Å². The topological polar surface area (TPSA) is 66.0 Å². The van der Waals surface area contributed by atoms with Gasteiger partial charge in [0.05, 0.1) is 19.7 Å². The number of amides is 1. The second-order valence-electron chi connectivity index (χ2n) is 5.37. The quantitative estimate of drug-likeness (QED) is 0.591. The number of benzene rings is 1. The van der Waals surface area contributed by atoms with E-state index in [0.717, 1.165) is 23.4 Å². The van der Waals surface area contributed by atoms with E-state index in [1.54, 1.807) is 19.0 Å². The molecule has 0 bridgehead atoms. The Morgan fingerprint density at radius 3 is 2.57 bits per heavy atom. The van der Waals surface area contributed by atoms with Crippen LogP contribution in [0.1, 0.15) is 25.0 Å². The minimum atomic E-state index is 0.00696. The molecule has 1 rings (SSSR count). The number of nitrogens with one attached hydrogen (secondary N) is 2. The van der Waals surface area contributed by atoms with Crippen molar-refractivity contribution in [2.45, 2.75) is 27.3 Å². The maximum Gasteiger partial charge on any atom is 0.241 e. The number of hydrogen-bond acceptors (Lipinski definition) is 3. The van der Waals surface area contributed by atoms with Crippen molar-refractivity contribution in [1.82, 2.24) is 15.5 Å². The number of rotatable bonds is 7. The van der Waals surface area contributed by atoms with Crippen molar-refractivity contribution >= 4 is 11.9 Å². The molecule has 6 heteroatoms. The Morgan fingerprint density at radius 1 is 1.26 bits per heavy atom. The lowest BCUT2D eigenvalue weighted by molar-refractivity contribution is -0.127. The molecule has 23 heavy (non-hydrogen) atoms. The summed E-state index contributed by atoms with van der Waals surface area (Å²) < 4.78 is 5.54. The third-order valence-corrected chi connectivity index (χ3v) is 3.21. The standard InChI is InChI=1S/C17H28N4O2/c1-6-18-17(20-12-16(22)21(4)5)19-11-14-8-9-15(23-7-2)13(3)10-14/h8-10H,6-7,11-12H2,1-5H3,(H2,18,19,20). The average Bonchev–Trinajstić information content (AvgIpc) is 2.52. The first-order valence-electron chi connectivity index (χ1n) is 7.92. The van der Waals surface area contributed by atoms with E-state index in [2.05, 4.69) is 21.7 Å². The van der Waals surface area contributed by atoms with Crippen molar-refractivity contribution < 1.29 is 9.53 Å². The van der Waals surface area contributed by atoms with Gasteiger partial charge < -0.3 is 20.3 Å². The molecule has 2 N–H and O–H groups in total. The van der Waals surface area contributed by atoms with Crippen LogP contribution in [0.5, 0.6) is 5.75 Å². The molecule has 0 aliphatic rings. The van der Waals surface area contributed by atoms with E-state index in [1.165, 1.54) is 0 Å². The average molecular weight is 320 g/mol. The summed E-state index contributed by atoms with van der Waals surface area (Å²) in [6, 6.07) is 6.05. The number of aryl methyl sites for hydroxylation is 1. The van der Waals surface area contributed by atoms with E-state index in [1.807, 2.05) is 32.9 Å². The van der Waals surface area contributed by atoms with Crippen molar-refractivity contribution in [2.75, 3.05) is 33.8 Å². The van der Waals surface area contributed by atoms with Gasteiger partial charge in [-0.3, -0.25) is 4.79 Å². The zero-order valence-electron chi connectivity index (χ0n) is 14.8. The Hall–Kier alpha value is -2.24. The highest BCUT2D eigenvalue weighted by Crippen LogP contribution is 2.19. The molecule has 1 aromatic carbocycles. The maximum atomic E-state index is 11.6.